The highest BCUT2D eigenvalue weighted by molar-refractivity contribution is 6.06. The largest absolute Gasteiger partial charge is 0.459 e. The summed E-state index contributed by atoms with van der Waals surface area (Å²) in [6.45, 7) is 14.5. The molecule has 192 valence electrons. The summed E-state index contributed by atoms with van der Waals surface area (Å²) in [4.78, 5) is 29.6. The van der Waals surface area contributed by atoms with E-state index >= 15 is 0 Å². The van der Waals surface area contributed by atoms with Gasteiger partial charge in [-0.25, -0.2) is 4.79 Å². The van der Waals surface area contributed by atoms with E-state index in [2.05, 4.69) is 34.3 Å². The molecule has 3 fully saturated rings. The quantitative estimate of drug-likeness (QED) is 0.332. The molecule has 0 saturated heterocycles. The molecular weight excluding hydrogens is 446 g/mol. The van der Waals surface area contributed by atoms with Crippen molar-refractivity contribution in [3.05, 3.63) is 59.2 Å². The first-order valence-electron chi connectivity index (χ1n) is 13.9. The monoisotopic (exact) mass is 487 g/mol. The van der Waals surface area contributed by atoms with Crippen LogP contribution in [-0.4, -0.2) is 30.6 Å². The van der Waals surface area contributed by atoms with Gasteiger partial charge in [-0.3, -0.25) is 4.99 Å². The minimum Gasteiger partial charge on any atom is -0.459 e. The van der Waals surface area contributed by atoms with Gasteiger partial charge in [0.2, 0.25) is 0 Å². The molecular formula is C32H41NO3. The third kappa shape index (κ3) is 3.92. The number of benzene rings is 1. The molecule has 4 nitrogen and oxygen atoms in total. The maximum atomic E-state index is 12.7. The molecule has 0 N–H and O–H groups in total. The predicted octanol–water partition coefficient (Wildman–Crippen LogP) is 7.01. The second kappa shape index (κ2) is 9.43. The van der Waals surface area contributed by atoms with E-state index in [1.807, 2.05) is 30.3 Å². The molecule has 1 aromatic rings. The van der Waals surface area contributed by atoms with Gasteiger partial charge in [0.25, 0.3) is 0 Å². The van der Waals surface area contributed by atoms with Crippen molar-refractivity contribution in [1.29, 1.82) is 0 Å². The van der Waals surface area contributed by atoms with Crippen molar-refractivity contribution in [3.63, 3.8) is 0 Å². The molecule has 7 atom stereocenters. The fourth-order valence-electron chi connectivity index (χ4n) is 8.33. The molecule has 4 aliphatic carbocycles. The molecule has 5 rings (SSSR count). The van der Waals surface area contributed by atoms with Crippen LogP contribution in [0.2, 0.25) is 0 Å². The van der Waals surface area contributed by atoms with Gasteiger partial charge in [0.15, 0.2) is 0 Å². The van der Waals surface area contributed by atoms with Crippen LogP contribution in [0.1, 0.15) is 83.0 Å². The van der Waals surface area contributed by atoms with Gasteiger partial charge in [-0.2, -0.15) is 0 Å². The molecule has 0 aliphatic heterocycles. The zero-order chi connectivity index (χ0) is 25.7. The van der Waals surface area contributed by atoms with E-state index in [-0.39, 0.29) is 28.8 Å². The Bertz CT molecular complexity index is 1120. The summed E-state index contributed by atoms with van der Waals surface area (Å²) in [5, 5.41) is 0. The second-order valence-electron chi connectivity index (χ2n) is 12.2. The Balaban J connectivity index is 1.44. The maximum absolute atomic E-state index is 12.7. The average Bonchev–Trinajstić information content (AvgIpc) is 3.17. The Morgan fingerprint density at radius 2 is 1.94 bits per heavy atom. The number of esters is 1. The molecule has 4 aliphatic rings. The molecule has 4 heteroatoms. The van der Waals surface area contributed by atoms with Gasteiger partial charge in [0, 0.05) is 18.2 Å². The first-order valence-corrected chi connectivity index (χ1v) is 13.9. The van der Waals surface area contributed by atoms with Crippen LogP contribution in [0.4, 0.5) is 0 Å². The molecule has 0 amide bonds. The van der Waals surface area contributed by atoms with Crippen molar-refractivity contribution >= 4 is 18.0 Å². The van der Waals surface area contributed by atoms with Crippen molar-refractivity contribution < 1.29 is 14.3 Å². The van der Waals surface area contributed by atoms with Crippen LogP contribution in [0.5, 0.6) is 0 Å². The number of carbonyl (C=O) groups is 2. The third-order valence-electron chi connectivity index (χ3n) is 10.3. The molecule has 0 heterocycles. The lowest BCUT2D eigenvalue weighted by Crippen LogP contribution is -2.49. The number of hydrogen-bond donors (Lipinski definition) is 0. The normalized spacial score (nSPS) is 37.7. The number of allylic oxidation sites excluding steroid dienone is 3. The van der Waals surface area contributed by atoms with Crippen molar-refractivity contribution in [2.45, 2.75) is 78.7 Å². The SMILES string of the molecule is C=C1C[C@H]2CC(OC(=O)c3ccccc3)CCC2(C)C2CCC3(C)C(=C12)C(=NCC)CC3[C@H](C)C=O. The fourth-order valence-corrected chi connectivity index (χ4v) is 8.33. The smallest absolute Gasteiger partial charge is 0.338 e. The highest BCUT2D eigenvalue weighted by Crippen LogP contribution is 2.66. The number of aldehydes is 1. The van der Waals surface area contributed by atoms with E-state index in [0.717, 1.165) is 57.8 Å². The van der Waals surface area contributed by atoms with Crippen LogP contribution in [0.3, 0.4) is 0 Å². The van der Waals surface area contributed by atoms with Crippen molar-refractivity contribution in [2.24, 2.45) is 39.5 Å². The minimum absolute atomic E-state index is 0.00524. The van der Waals surface area contributed by atoms with Gasteiger partial charge in [-0.1, -0.05) is 51.1 Å². The Hall–Kier alpha value is -2.49. The number of carbonyl (C=O) groups excluding carboxylic acids is 2. The zero-order valence-electron chi connectivity index (χ0n) is 22.4. The molecule has 0 bridgehead atoms. The molecule has 1 aromatic carbocycles. The van der Waals surface area contributed by atoms with Gasteiger partial charge in [-0.05, 0) is 104 Å². The first-order chi connectivity index (χ1) is 17.2. The van der Waals surface area contributed by atoms with E-state index in [0.29, 0.717) is 23.3 Å². The summed E-state index contributed by atoms with van der Waals surface area (Å²) in [6, 6.07) is 9.33. The first kappa shape index (κ1) is 25.2. The van der Waals surface area contributed by atoms with Crippen molar-refractivity contribution in [3.8, 4) is 0 Å². The highest BCUT2D eigenvalue weighted by Gasteiger charge is 2.58. The summed E-state index contributed by atoms with van der Waals surface area (Å²) in [5.41, 5.74) is 6.17. The molecule has 0 aromatic heterocycles. The standard InChI is InChI=1S/C32H41NO3/c1-6-33-27-18-26(21(3)19-34)32(5)15-13-25-28(29(27)32)20(2)16-23-17-24(12-14-31(23,25)4)36-30(35)22-10-8-7-9-11-22/h7-11,19,21,23-26H,2,6,12-18H2,1,3-5H3/t21-,23+,24?,25?,26?,31?,32?/m1/s1. The lowest BCUT2D eigenvalue weighted by Gasteiger charge is -2.57. The average molecular weight is 488 g/mol. The topological polar surface area (TPSA) is 55.7 Å². The number of fused-ring (bicyclic) bond motifs is 4. The van der Waals surface area contributed by atoms with Crippen molar-refractivity contribution in [2.75, 3.05) is 6.54 Å². The highest BCUT2D eigenvalue weighted by atomic mass is 16.5. The van der Waals surface area contributed by atoms with E-state index < -0.39 is 0 Å². The summed E-state index contributed by atoms with van der Waals surface area (Å²) >= 11 is 0. The minimum atomic E-state index is -0.211. The fraction of sp³-hybridized carbons (Fsp3) is 0.594. The number of rotatable bonds is 5. The second-order valence-corrected chi connectivity index (χ2v) is 12.2. The van der Waals surface area contributed by atoms with Crippen LogP contribution in [0, 0.1) is 34.5 Å². The van der Waals surface area contributed by atoms with Gasteiger partial charge in [-0.15, -0.1) is 0 Å². The lowest BCUT2D eigenvalue weighted by atomic mass is 9.48. The third-order valence-corrected chi connectivity index (χ3v) is 10.3. The van der Waals surface area contributed by atoms with Crippen LogP contribution < -0.4 is 0 Å². The van der Waals surface area contributed by atoms with E-state index in [4.69, 9.17) is 9.73 Å². The Kier molecular flexibility index (Phi) is 6.59. The Labute approximate surface area is 216 Å². The molecule has 5 unspecified atom stereocenters. The summed E-state index contributed by atoms with van der Waals surface area (Å²) in [6.07, 6.45) is 8.08. The Morgan fingerprint density at radius 3 is 2.64 bits per heavy atom. The zero-order valence-corrected chi connectivity index (χ0v) is 22.4. The van der Waals surface area contributed by atoms with Crippen LogP contribution in [0.15, 0.2) is 58.6 Å². The van der Waals surface area contributed by atoms with Crippen molar-refractivity contribution in [1.82, 2.24) is 0 Å². The van der Waals surface area contributed by atoms with E-state index in [9.17, 15) is 9.59 Å². The number of hydrogen-bond acceptors (Lipinski definition) is 4. The number of nitrogens with zero attached hydrogens (tertiary/aromatic N) is 1. The summed E-state index contributed by atoms with van der Waals surface area (Å²) < 4.78 is 6.00. The predicted molar refractivity (Wildman–Crippen MR) is 144 cm³/mol. The van der Waals surface area contributed by atoms with Gasteiger partial charge in [0.1, 0.15) is 12.4 Å². The maximum Gasteiger partial charge on any atom is 0.338 e. The van der Waals surface area contributed by atoms with Gasteiger partial charge in [0.05, 0.1) is 5.56 Å². The molecule has 0 spiro atoms. The Morgan fingerprint density at radius 1 is 1.19 bits per heavy atom. The number of aliphatic imine (C=N–C) groups is 1. The van der Waals surface area contributed by atoms with Gasteiger partial charge >= 0.3 is 5.97 Å². The summed E-state index contributed by atoms with van der Waals surface area (Å²) in [5.74, 6) is 1.06. The molecule has 3 saturated carbocycles. The van der Waals surface area contributed by atoms with E-state index in [1.54, 1.807) is 0 Å². The summed E-state index contributed by atoms with van der Waals surface area (Å²) in [7, 11) is 0. The van der Waals surface area contributed by atoms with Crippen LogP contribution in [-0.2, 0) is 9.53 Å². The van der Waals surface area contributed by atoms with Crippen LogP contribution in [0.25, 0.3) is 0 Å². The number of ether oxygens (including phenoxy) is 1. The lowest BCUT2D eigenvalue weighted by molar-refractivity contribution is -0.113. The van der Waals surface area contributed by atoms with E-state index in [1.165, 1.54) is 22.4 Å². The van der Waals surface area contributed by atoms with Crippen LogP contribution >= 0.6 is 0 Å². The molecule has 0 radical (unpaired) electrons. The molecule has 36 heavy (non-hydrogen) atoms. The van der Waals surface area contributed by atoms with Gasteiger partial charge < -0.3 is 9.53 Å².